The third-order valence-corrected chi connectivity index (χ3v) is 4.80. The smallest absolute Gasteiger partial charge is 0.0589 e. The summed E-state index contributed by atoms with van der Waals surface area (Å²) in [5.74, 6) is 0. The third kappa shape index (κ3) is 2.65. The van der Waals surface area contributed by atoms with Gasteiger partial charge >= 0.3 is 0 Å². The van der Waals surface area contributed by atoms with E-state index in [1.165, 1.54) is 38.8 Å². The SMILES string of the molecule is COCCN(C)C1(CN)CCN2CCCC2C1. The van der Waals surface area contributed by atoms with E-state index in [1.807, 2.05) is 0 Å². The highest BCUT2D eigenvalue weighted by molar-refractivity contribution is 5.01. The van der Waals surface area contributed by atoms with Gasteiger partial charge in [-0.15, -0.1) is 0 Å². The summed E-state index contributed by atoms with van der Waals surface area (Å²) < 4.78 is 5.19. The molecular formula is C13H27N3O. The van der Waals surface area contributed by atoms with Crippen LogP contribution in [0.2, 0.25) is 0 Å². The number of ether oxygens (including phenoxy) is 1. The Morgan fingerprint density at radius 2 is 2.29 bits per heavy atom. The lowest BCUT2D eigenvalue weighted by Gasteiger charge is -2.49. The van der Waals surface area contributed by atoms with Gasteiger partial charge in [0.2, 0.25) is 0 Å². The molecule has 4 heteroatoms. The third-order valence-electron chi connectivity index (χ3n) is 4.80. The zero-order chi connectivity index (χ0) is 12.3. The van der Waals surface area contributed by atoms with E-state index < -0.39 is 0 Å². The monoisotopic (exact) mass is 241 g/mol. The average Bonchev–Trinajstić information content (AvgIpc) is 2.82. The molecule has 0 aromatic rings. The first-order valence-electron chi connectivity index (χ1n) is 6.86. The van der Waals surface area contributed by atoms with Crippen molar-refractivity contribution in [2.75, 3.05) is 46.9 Å². The van der Waals surface area contributed by atoms with Crippen molar-refractivity contribution in [3.8, 4) is 0 Å². The van der Waals surface area contributed by atoms with Gasteiger partial charge in [0.05, 0.1) is 6.61 Å². The highest BCUT2D eigenvalue weighted by atomic mass is 16.5. The molecule has 0 aliphatic carbocycles. The molecule has 100 valence electrons. The first-order valence-corrected chi connectivity index (χ1v) is 6.86. The maximum atomic E-state index is 6.09. The van der Waals surface area contributed by atoms with Gasteiger partial charge in [0, 0.05) is 38.3 Å². The largest absolute Gasteiger partial charge is 0.383 e. The first-order chi connectivity index (χ1) is 8.22. The molecule has 2 N–H and O–H groups in total. The predicted octanol–water partition coefficient (Wildman–Crippen LogP) is 0.520. The van der Waals surface area contributed by atoms with Gasteiger partial charge in [-0.2, -0.15) is 0 Å². The van der Waals surface area contributed by atoms with Crippen molar-refractivity contribution in [3.63, 3.8) is 0 Å². The molecular weight excluding hydrogens is 214 g/mol. The second-order valence-electron chi connectivity index (χ2n) is 5.63. The van der Waals surface area contributed by atoms with Crippen LogP contribution >= 0.6 is 0 Å². The van der Waals surface area contributed by atoms with Crippen molar-refractivity contribution in [3.05, 3.63) is 0 Å². The molecule has 0 saturated carbocycles. The molecule has 2 aliphatic rings. The number of rotatable bonds is 5. The van der Waals surface area contributed by atoms with Crippen LogP contribution in [0.1, 0.15) is 25.7 Å². The zero-order valence-electron chi connectivity index (χ0n) is 11.3. The summed E-state index contributed by atoms with van der Waals surface area (Å²) >= 11 is 0. The van der Waals surface area contributed by atoms with E-state index in [9.17, 15) is 0 Å². The summed E-state index contributed by atoms with van der Waals surface area (Å²) in [6.07, 6.45) is 5.18. The van der Waals surface area contributed by atoms with Gasteiger partial charge in [-0.1, -0.05) is 0 Å². The minimum absolute atomic E-state index is 0.212. The average molecular weight is 241 g/mol. The second-order valence-corrected chi connectivity index (χ2v) is 5.63. The van der Waals surface area contributed by atoms with Crippen LogP contribution in [-0.2, 0) is 4.74 Å². The van der Waals surface area contributed by atoms with Crippen molar-refractivity contribution in [1.29, 1.82) is 0 Å². The summed E-state index contributed by atoms with van der Waals surface area (Å²) in [5.41, 5.74) is 6.30. The summed E-state index contributed by atoms with van der Waals surface area (Å²) in [4.78, 5) is 5.09. The van der Waals surface area contributed by atoms with Gasteiger partial charge in [-0.05, 0) is 39.3 Å². The quantitative estimate of drug-likeness (QED) is 0.762. The van der Waals surface area contributed by atoms with Crippen molar-refractivity contribution in [2.24, 2.45) is 5.73 Å². The lowest BCUT2D eigenvalue weighted by atomic mass is 9.82. The minimum Gasteiger partial charge on any atom is -0.383 e. The number of hydrogen-bond donors (Lipinski definition) is 1. The van der Waals surface area contributed by atoms with Gasteiger partial charge in [0.25, 0.3) is 0 Å². The van der Waals surface area contributed by atoms with Crippen LogP contribution in [0.15, 0.2) is 0 Å². The first kappa shape index (κ1) is 13.3. The van der Waals surface area contributed by atoms with Gasteiger partial charge in [0.1, 0.15) is 0 Å². The fourth-order valence-electron chi connectivity index (χ4n) is 3.47. The Hall–Kier alpha value is -0.160. The normalized spacial score (nSPS) is 34.2. The summed E-state index contributed by atoms with van der Waals surface area (Å²) in [5, 5.41) is 0. The molecule has 0 aromatic carbocycles. The van der Waals surface area contributed by atoms with Crippen molar-refractivity contribution in [1.82, 2.24) is 9.80 Å². The van der Waals surface area contributed by atoms with E-state index in [2.05, 4.69) is 16.8 Å². The van der Waals surface area contributed by atoms with Gasteiger partial charge in [0.15, 0.2) is 0 Å². The Balaban J connectivity index is 1.98. The molecule has 17 heavy (non-hydrogen) atoms. The second kappa shape index (κ2) is 5.65. The van der Waals surface area contributed by atoms with Crippen LogP contribution in [0.3, 0.4) is 0 Å². The molecule has 2 heterocycles. The Bertz CT molecular complexity index is 249. The Morgan fingerprint density at radius 1 is 1.47 bits per heavy atom. The molecule has 2 fully saturated rings. The summed E-state index contributed by atoms with van der Waals surface area (Å²) in [6.45, 7) is 5.08. The van der Waals surface area contributed by atoms with E-state index in [0.717, 1.165) is 25.7 Å². The maximum absolute atomic E-state index is 6.09. The Morgan fingerprint density at radius 3 is 3.00 bits per heavy atom. The summed E-state index contributed by atoms with van der Waals surface area (Å²) in [7, 11) is 3.97. The zero-order valence-corrected chi connectivity index (χ0v) is 11.3. The van der Waals surface area contributed by atoms with Crippen LogP contribution in [0.4, 0.5) is 0 Å². The lowest BCUT2D eigenvalue weighted by Crippen LogP contribution is -2.60. The van der Waals surface area contributed by atoms with Crippen molar-refractivity contribution in [2.45, 2.75) is 37.3 Å². The standard InChI is InChI=1S/C13H27N3O/c1-15(8-9-17-2)13(11-14)5-7-16-6-3-4-12(16)10-13/h12H,3-11,14H2,1-2H3. The number of hydrogen-bond acceptors (Lipinski definition) is 4. The number of nitrogens with zero attached hydrogens (tertiary/aromatic N) is 2. The predicted molar refractivity (Wildman–Crippen MR) is 70.1 cm³/mol. The number of nitrogens with two attached hydrogens (primary N) is 1. The Labute approximate surface area is 105 Å². The summed E-state index contributed by atoms with van der Waals surface area (Å²) in [6, 6.07) is 0.775. The topological polar surface area (TPSA) is 41.7 Å². The number of likely N-dealkylation sites (N-methyl/N-ethyl adjacent to an activating group) is 1. The lowest BCUT2D eigenvalue weighted by molar-refractivity contribution is 0.0136. The van der Waals surface area contributed by atoms with Crippen molar-refractivity contribution < 1.29 is 4.74 Å². The van der Waals surface area contributed by atoms with Crippen LogP contribution in [0.5, 0.6) is 0 Å². The van der Waals surface area contributed by atoms with E-state index in [1.54, 1.807) is 7.11 Å². The number of fused-ring (bicyclic) bond motifs is 1. The molecule has 2 unspecified atom stereocenters. The molecule has 0 bridgehead atoms. The van der Waals surface area contributed by atoms with Crippen molar-refractivity contribution >= 4 is 0 Å². The molecule has 0 amide bonds. The number of methoxy groups -OCH3 is 1. The highest BCUT2D eigenvalue weighted by Gasteiger charge is 2.42. The molecule has 0 spiro atoms. The fraction of sp³-hybridized carbons (Fsp3) is 1.00. The van der Waals surface area contributed by atoms with Crippen LogP contribution in [0.25, 0.3) is 0 Å². The van der Waals surface area contributed by atoms with E-state index in [-0.39, 0.29) is 5.54 Å². The molecule has 2 aliphatic heterocycles. The molecule has 2 saturated heterocycles. The number of piperidine rings is 1. The van der Waals surface area contributed by atoms with Gasteiger partial charge in [-0.3, -0.25) is 4.90 Å². The fourth-order valence-corrected chi connectivity index (χ4v) is 3.47. The highest BCUT2D eigenvalue weighted by Crippen LogP contribution is 2.35. The van der Waals surface area contributed by atoms with E-state index >= 15 is 0 Å². The van der Waals surface area contributed by atoms with Crippen LogP contribution in [-0.4, -0.2) is 68.3 Å². The van der Waals surface area contributed by atoms with Gasteiger partial charge < -0.3 is 15.4 Å². The molecule has 4 nitrogen and oxygen atoms in total. The van der Waals surface area contributed by atoms with E-state index in [0.29, 0.717) is 0 Å². The minimum atomic E-state index is 0.212. The molecule has 0 radical (unpaired) electrons. The maximum Gasteiger partial charge on any atom is 0.0589 e. The molecule has 2 atom stereocenters. The Kier molecular flexibility index (Phi) is 4.42. The van der Waals surface area contributed by atoms with Gasteiger partial charge in [-0.25, -0.2) is 0 Å². The molecule has 0 aromatic heterocycles. The molecule has 2 rings (SSSR count). The van der Waals surface area contributed by atoms with E-state index in [4.69, 9.17) is 10.5 Å². The van der Waals surface area contributed by atoms with Crippen LogP contribution < -0.4 is 5.73 Å². The van der Waals surface area contributed by atoms with Crippen LogP contribution in [0, 0.1) is 0 Å².